The molecule has 0 amide bonds. The highest BCUT2D eigenvalue weighted by atomic mass is 32.2. The highest BCUT2D eigenvalue weighted by Gasteiger charge is 2.46. The summed E-state index contributed by atoms with van der Waals surface area (Å²) in [7, 11) is 1.52. The lowest BCUT2D eigenvalue weighted by atomic mass is 9.97. The lowest BCUT2D eigenvalue weighted by Crippen LogP contribution is -2.55. The van der Waals surface area contributed by atoms with Gasteiger partial charge in [-0.25, -0.2) is 17.9 Å². The van der Waals surface area contributed by atoms with Gasteiger partial charge < -0.3 is 24.8 Å². The Morgan fingerprint density at radius 3 is 2.52 bits per heavy atom. The van der Waals surface area contributed by atoms with Gasteiger partial charge in [0.15, 0.2) is 17.5 Å². The maximum atomic E-state index is 13.6. The van der Waals surface area contributed by atoms with Crippen LogP contribution in [0.1, 0.15) is 6.04 Å². The van der Waals surface area contributed by atoms with Crippen molar-refractivity contribution >= 4 is 11.8 Å². The van der Waals surface area contributed by atoms with E-state index >= 15 is 0 Å². The molecule has 3 aromatic rings. The molecule has 0 spiro atoms. The van der Waals surface area contributed by atoms with Gasteiger partial charge in [0.2, 0.25) is 0 Å². The van der Waals surface area contributed by atoms with Gasteiger partial charge in [0, 0.05) is 10.5 Å². The summed E-state index contributed by atoms with van der Waals surface area (Å²) in [5.41, 5.74) is -0.984. The Labute approximate surface area is 190 Å². The summed E-state index contributed by atoms with van der Waals surface area (Å²) < 4.78 is 52.5. The summed E-state index contributed by atoms with van der Waals surface area (Å²) in [6.07, 6.45) is -2.47. The van der Waals surface area contributed by atoms with E-state index in [9.17, 15) is 28.5 Å². The first-order valence-corrected chi connectivity index (χ1v) is 10.7. The minimum absolute atomic E-state index is 0.00348. The van der Waals surface area contributed by atoms with Gasteiger partial charge in [0.1, 0.15) is 41.2 Å². The number of aliphatic hydroxyl groups excluding tert-OH is 3. The summed E-state index contributed by atoms with van der Waals surface area (Å²) in [6.45, 7) is -0.532. The second-order valence-electron chi connectivity index (χ2n) is 7.33. The van der Waals surface area contributed by atoms with Crippen LogP contribution in [0.2, 0.25) is 0 Å². The molecule has 0 bridgehead atoms. The Bertz CT molecular complexity index is 1110. The number of thioether (sulfide) groups is 1. The second-order valence-corrected chi connectivity index (χ2v) is 8.50. The maximum absolute atomic E-state index is 13.6. The highest BCUT2D eigenvalue weighted by Crippen LogP contribution is 2.39. The number of hydrogen-bond donors (Lipinski definition) is 3. The zero-order chi connectivity index (χ0) is 23.7. The molecular formula is C21H20F3N3O5S. The normalized spacial score (nSPS) is 25.2. The molecule has 33 heavy (non-hydrogen) atoms. The van der Waals surface area contributed by atoms with Gasteiger partial charge in [-0.15, -0.1) is 5.10 Å². The van der Waals surface area contributed by atoms with Crippen molar-refractivity contribution in [2.24, 2.45) is 0 Å². The van der Waals surface area contributed by atoms with Crippen LogP contribution in [0.25, 0.3) is 11.3 Å². The molecule has 1 aliphatic heterocycles. The van der Waals surface area contributed by atoms with Gasteiger partial charge in [-0.3, -0.25) is 0 Å². The van der Waals surface area contributed by atoms with E-state index in [1.54, 1.807) is 24.3 Å². The zero-order valence-corrected chi connectivity index (χ0v) is 18.0. The average Bonchev–Trinajstić information content (AvgIpc) is 3.29. The van der Waals surface area contributed by atoms with Gasteiger partial charge in [-0.2, -0.15) is 0 Å². The van der Waals surface area contributed by atoms with Crippen molar-refractivity contribution in [1.29, 1.82) is 0 Å². The summed E-state index contributed by atoms with van der Waals surface area (Å²) in [6, 6.07) is 7.46. The van der Waals surface area contributed by atoms with E-state index < -0.39 is 53.8 Å². The number of halogens is 3. The largest absolute Gasteiger partial charge is 0.497 e. The minimum Gasteiger partial charge on any atom is -0.497 e. The second kappa shape index (κ2) is 9.69. The van der Waals surface area contributed by atoms with Crippen LogP contribution in [-0.2, 0) is 4.74 Å². The molecule has 1 aromatic heterocycles. The third-order valence-electron chi connectivity index (χ3n) is 5.24. The minimum atomic E-state index is -1.61. The molecule has 0 radical (unpaired) electrons. The van der Waals surface area contributed by atoms with Crippen LogP contribution in [0.15, 0.2) is 47.5 Å². The Morgan fingerprint density at radius 2 is 1.85 bits per heavy atom. The number of ether oxygens (including phenoxy) is 2. The summed E-state index contributed by atoms with van der Waals surface area (Å²) in [5.74, 6) is -3.79. The maximum Gasteiger partial charge on any atom is 0.194 e. The Hall–Kier alpha value is -2.64. The van der Waals surface area contributed by atoms with Crippen molar-refractivity contribution in [3.05, 3.63) is 60.0 Å². The molecule has 4 rings (SSSR count). The van der Waals surface area contributed by atoms with Crippen molar-refractivity contribution in [3.63, 3.8) is 0 Å². The van der Waals surface area contributed by atoms with E-state index in [1.807, 2.05) is 0 Å². The number of aromatic nitrogens is 3. The van der Waals surface area contributed by atoms with Gasteiger partial charge in [0.05, 0.1) is 19.9 Å². The van der Waals surface area contributed by atoms with Crippen LogP contribution in [0.4, 0.5) is 13.2 Å². The average molecular weight is 483 g/mol. The van der Waals surface area contributed by atoms with Crippen LogP contribution < -0.4 is 4.74 Å². The zero-order valence-electron chi connectivity index (χ0n) is 17.2. The number of methoxy groups -OCH3 is 1. The van der Waals surface area contributed by atoms with Crippen LogP contribution in [-0.4, -0.2) is 67.8 Å². The van der Waals surface area contributed by atoms with Gasteiger partial charge in [0.25, 0.3) is 0 Å². The molecule has 1 saturated heterocycles. The van der Waals surface area contributed by atoms with Crippen LogP contribution in [0, 0.1) is 17.5 Å². The van der Waals surface area contributed by atoms with Crippen molar-refractivity contribution < 1.29 is 38.0 Å². The summed E-state index contributed by atoms with van der Waals surface area (Å²) in [5, 5.41) is 39.1. The SMILES string of the molecule is COc1cccc(S[C@H]2OC(CO)[C@H](O)C(n3cc(-c4cc(F)c(F)c(F)c4)nn3)[C@@H]2O)c1. The molecule has 0 saturated carbocycles. The molecule has 176 valence electrons. The number of aliphatic hydroxyl groups is 3. The first-order valence-electron chi connectivity index (χ1n) is 9.82. The monoisotopic (exact) mass is 483 g/mol. The van der Waals surface area contributed by atoms with E-state index in [-0.39, 0.29) is 11.3 Å². The van der Waals surface area contributed by atoms with E-state index in [0.717, 1.165) is 28.6 Å². The van der Waals surface area contributed by atoms with Gasteiger partial charge >= 0.3 is 0 Å². The first kappa shape index (κ1) is 23.5. The number of rotatable bonds is 6. The number of benzene rings is 2. The molecule has 8 nitrogen and oxygen atoms in total. The van der Waals surface area contributed by atoms with Crippen molar-refractivity contribution in [2.45, 2.75) is 34.7 Å². The predicted molar refractivity (Wildman–Crippen MR) is 111 cm³/mol. The highest BCUT2D eigenvalue weighted by molar-refractivity contribution is 7.99. The molecule has 3 N–H and O–H groups in total. The van der Waals surface area contributed by atoms with Crippen LogP contribution in [0.5, 0.6) is 5.75 Å². The smallest absolute Gasteiger partial charge is 0.194 e. The van der Waals surface area contributed by atoms with Crippen molar-refractivity contribution in [2.75, 3.05) is 13.7 Å². The molecule has 1 aliphatic rings. The van der Waals surface area contributed by atoms with E-state index in [4.69, 9.17) is 9.47 Å². The van der Waals surface area contributed by atoms with E-state index in [0.29, 0.717) is 10.6 Å². The number of hydrogen-bond acceptors (Lipinski definition) is 8. The fraction of sp³-hybridized carbons (Fsp3) is 0.333. The molecular weight excluding hydrogens is 463 g/mol. The lowest BCUT2D eigenvalue weighted by Gasteiger charge is -2.41. The Kier molecular flexibility index (Phi) is 6.91. The van der Waals surface area contributed by atoms with Crippen LogP contribution >= 0.6 is 11.8 Å². The molecule has 2 heterocycles. The fourth-order valence-electron chi connectivity index (χ4n) is 3.54. The quantitative estimate of drug-likeness (QED) is 0.458. The molecule has 2 unspecified atom stereocenters. The third-order valence-corrected chi connectivity index (χ3v) is 6.39. The Morgan fingerprint density at radius 1 is 1.12 bits per heavy atom. The third kappa shape index (κ3) is 4.70. The summed E-state index contributed by atoms with van der Waals surface area (Å²) in [4.78, 5) is 0.710. The van der Waals surface area contributed by atoms with Gasteiger partial charge in [-0.05, 0) is 30.3 Å². The van der Waals surface area contributed by atoms with E-state index in [1.165, 1.54) is 13.3 Å². The molecule has 12 heteroatoms. The standard InChI is InChI=1S/C21H20F3N3O5S/c1-31-11-3-2-4-12(7-11)33-21-20(30)18(19(29)16(9-28)32-21)27-8-15(25-26-27)10-5-13(22)17(24)14(23)6-10/h2-8,16,18-21,28-30H,9H2,1H3/t16?,18?,19-,20-,21+/m0/s1. The Balaban J connectivity index is 1.63. The van der Waals surface area contributed by atoms with Gasteiger partial charge in [-0.1, -0.05) is 23.0 Å². The fourth-order valence-corrected chi connectivity index (χ4v) is 4.65. The number of nitrogens with zero attached hydrogens (tertiary/aromatic N) is 3. The van der Waals surface area contributed by atoms with Crippen LogP contribution in [0.3, 0.4) is 0 Å². The van der Waals surface area contributed by atoms with E-state index in [2.05, 4.69) is 10.3 Å². The lowest BCUT2D eigenvalue weighted by molar-refractivity contribution is -0.178. The molecule has 2 aromatic carbocycles. The van der Waals surface area contributed by atoms with Crippen molar-refractivity contribution in [1.82, 2.24) is 15.0 Å². The first-order chi connectivity index (χ1) is 15.8. The molecule has 1 fully saturated rings. The predicted octanol–water partition coefficient (Wildman–Crippen LogP) is 2.14. The topological polar surface area (TPSA) is 110 Å². The molecule has 0 aliphatic carbocycles. The summed E-state index contributed by atoms with van der Waals surface area (Å²) >= 11 is 1.15. The van der Waals surface area contributed by atoms with Crippen molar-refractivity contribution in [3.8, 4) is 17.0 Å². The molecule has 5 atom stereocenters.